The SMILES string of the molecule is Cc1csc(Nc2ccc(N3CC(C)OC(C)C3)nc2)n1. The number of rotatable bonds is 3. The van der Waals surface area contributed by atoms with Gasteiger partial charge >= 0.3 is 0 Å². The van der Waals surface area contributed by atoms with Crippen LogP contribution in [-0.4, -0.2) is 35.3 Å². The first-order valence-electron chi connectivity index (χ1n) is 7.16. The van der Waals surface area contributed by atoms with Crippen LogP contribution in [0, 0.1) is 6.92 Å². The van der Waals surface area contributed by atoms with Crippen molar-refractivity contribution in [1.82, 2.24) is 9.97 Å². The Kier molecular flexibility index (Phi) is 4.07. The van der Waals surface area contributed by atoms with Crippen LogP contribution in [0.4, 0.5) is 16.6 Å². The Morgan fingerprint density at radius 2 is 2.05 bits per heavy atom. The first kappa shape index (κ1) is 14.3. The molecule has 2 atom stereocenters. The minimum atomic E-state index is 0.242. The molecule has 1 aliphatic heterocycles. The molecule has 0 spiro atoms. The molecule has 0 amide bonds. The minimum Gasteiger partial charge on any atom is -0.372 e. The van der Waals surface area contributed by atoms with Crippen molar-refractivity contribution in [2.75, 3.05) is 23.3 Å². The highest BCUT2D eigenvalue weighted by Gasteiger charge is 2.22. The fraction of sp³-hybridized carbons (Fsp3) is 0.467. The zero-order valence-corrected chi connectivity index (χ0v) is 13.4. The Balaban J connectivity index is 1.69. The summed E-state index contributed by atoms with van der Waals surface area (Å²) < 4.78 is 5.75. The van der Waals surface area contributed by atoms with E-state index in [-0.39, 0.29) is 12.2 Å². The summed E-state index contributed by atoms with van der Waals surface area (Å²) in [5.41, 5.74) is 1.99. The van der Waals surface area contributed by atoms with Crippen molar-refractivity contribution < 1.29 is 4.74 Å². The monoisotopic (exact) mass is 304 g/mol. The Bertz CT molecular complexity index is 588. The molecule has 1 aliphatic rings. The summed E-state index contributed by atoms with van der Waals surface area (Å²) in [5, 5.41) is 6.20. The molecule has 1 fully saturated rings. The van der Waals surface area contributed by atoms with E-state index in [4.69, 9.17) is 4.74 Å². The normalized spacial score (nSPS) is 22.3. The number of thiazole rings is 1. The van der Waals surface area contributed by atoms with Gasteiger partial charge in [-0.25, -0.2) is 9.97 Å². The summed E-state index contributed by atoms with van der Waals surface area (Å²) in [6.45, 7) is 7.96. The summed E-state index contributed by atoms with van der Waals surface area (Å²) in [6.07, 6.45) is 2.34. The number of hydrogen-bond acceptors (Lipinski definition) is 6. The maximum atomic E-state index is 5.75. The maximum Gasteiger partial charge on any atom is 0.187 e. The van der Waals surface area contributed by atoms with Crippen LogP contribution in [0.3, 0.4) is 0 Å². The lowest BCUT2D eigenvalue weighted by atomic mass is 10.2. The van der Waals surface area contributed by atoms with Gasteiger partial charge in [0.05, 0.1) is 29.8 Å². The van der Waals surface area contributed by atoms with E-state index < -0.39 is 0 Å². The lowest BCUT2D eigenvalue weighted by Gasteiger charge is -2.36. The number of nitrogens with zero attached hydrogens (tertiary/aromatic N) is 3. The van der Waals surface area contributed by atoms with Gasteiger partial charge in [-0.1, -0.05) is 0 Å². The zero-order chi connectivity index (χ0) is 14.8. The number of pyridine rings is 1. The number of anilines is 3. The minimum absolute atomic E-state index is 0.242. The maximum absolute atomic E-state index is 5.75. The van der Waals surface area contributed by atoms with E-state index in [1.54, 1.807) is 11.3 Å². The molecule has 0 aromatic carbocycles. The predicted octanol–water partition coefficient (Wildman–Crippen LogP) is 3.20. The summed E-state index contributed by atoms with van der Waals surface area (Å²) in [7, 11) is 0. The van der Waals surface area contributed by atoms with Crippen LogP contribution in [0.2, 0.25) is 0 Å². The summed E-state index contributed by atoms with van der Waals surface area (Å²) in [6, 6.07) is 4.09. The Morgan fingerprint density at radius 3 is 2.62 bits per heavy atom. The first-order chi connectivity index (χ1) is 10.1. The molecular formula is C15H20N4OS. The molecule has 6 heteroatoms. The summed E-state index contributed by atoms with van der Waals surface area (Å²) >= 11 is 1.60. The fourth-order valence-electron chi connectivity index (χ4n) is 2.55. The molecule has 0 radical (unpaired) electrons. The van der Waals surface area contributed by atoms with Crippen molar-refractivity contribution in [3.8, 4) is 0 Å². The second-order valence-corrected chi connectivity index (χ2v) is 6.34. The number of aromatic nitrogens is 2. The van der Waals surface area contributed by atoms with Gasteiger partial charge in [-0.3, -0.25) is 0 Å². The molecule has 0 aliphatic carbocycles. The quantitative estimate of drug-likeness (QED) is 0.943. The van der Waals surface area contributed by atoms with E-state index in [0.717, 1.165) is 35.4 Å². The molecule has 112 valence electrons. The van der Waals surface area contributed by atoms with Crippen LogP contribution in [0.15, 0.2) is 23.7 Å². The zero-order valence-electron chi connectivity index (χ0n) is 12.5. The fourth-order valence-corrected chi connectivity index (χ4v) is 3.26. The average molecular weight is 304 g/mol. The molecule has 1 saturated heterocycles. The molecule has 0 saturated carbocycles. The van der Waals surface area contributed by atoms with Crippen molar-refractivity contribution in [2.24, 2.45) is 0 Å². The Labute approximate surface area is 129 Å². The highest BCUT2D eigenvalue weighted by molar-refractivity contribution is 7.13. The van der Waals surface area contributed by atoms with Gasteiger partial charge in [0.1, 0.15) is 5.82 Å². The molecule has 0 bridgehead atoms. The molecular weight excluding hydrogens is 284 g/mol. The van der Waals surface area contributed by atoms with Crippen LogP contribution < -0.4 is 10.2 Å². The molecule has 1 N–H and O–H groups in total. The standard InChI is InChI=1S/C15H20N4OS/c1-10-9-21-15(17-10)18-13-4-5-14(16-6-13)19-7-11(2)20-12(3)8-19/h4-6,9,11-12H,7-8H2,1-3H3,(H,17,18). The van der Waals surface area contributed by atoms with E-state index in [1.165, 1.54) is 0 Å². The predicted molar refractivity (Wildman–Crippen MR) is 86.6 cm³/mol. The molecule has 2 aromatic rings. The van der Waals surface area contributed by atoms with Crippen LogP contribution in [0.25, 0.3) is 0 Å². The van der Waals surface area contributed by atoms with Gasteiger partial charge in [-0.05, 0) is 32.9 Å². The van der Waals surface area contributed by atoms with Crippen molar-refractivity contribution in [3.63, 3.8) is 0 Å². The van der Waals surface area contributed by atoms with Crippen LogP contribution >= 0.6 is 11.3 Å². The van der Waals surface area contributed by atoms with Crippen molar-refractivity contribution in [3.05, 3.63) is 29.4 Å². The number of ether oxygens (including phenoxy) is 1. The van der Waals surface area contributed by atoms with Gasteiger partial charge < -0.3 is 15.0 Å². The van der Waals surface area contributed by atoms with Crippen molar-refractivity contribution >= 4 is 28.0 Å². The largest absolute Gasteiger partial charge is 0.372 e. The number of hydrogen-bond donors (Lipinski definition) is 1. The van der Waals surface area contributed by atoms with E-state index in [1.807, 2.05) is 30.6 Å². The highest BCUT2D eigenvalue weighted by Crippen LogP contribution is 2.23. The lowest BCUT2D eigenvalue weighted by molar-refractivity contribution is -0.00545. The topological polar surface area (TPSA) is 50.3 Å². The van der Waals surface area contributed by atoms with Gasteiger partial charge in [-0.15, -0.1) is 11.3 Å². The van der Waals surface area contributed by atoms with Crippen molar-refractivity contribution in [1.29, 1.82) is 0 Å². The summed E-state index contributed by atoms with van der Waals surface area (Å²) in [4.78, 5) is 11.2. The molecule has 5 nitrogen and oxygen atoms in total. The molecule has 3 heterocycles. The molecule has 2 aromatic heterocycles. The Hall–Kier alpha value is -1.66. The highest BCUT2D eigenvalue weighted by atomic mass is 32.1. The van der Waals surface area contributed by atoms with Gasteiger partial charge in [-0.2, -0.15) is 0 Å². The van der Waals surface area contributed by atoms with E-state index in [0.29, 0.717) is 0 Å². The third-order valence-electron chi connectivity index (χ3n) is 3.36. The third-order valence-corrected chi connectivity index (χ3v) is 4.24. The van der Waals surface area contributed by atoms with E-state index >= 15 is 0 Å². The molecule has 2 unspecified atom stereocenters. The number of aryl methyl sites for hydroxylation is 1. The van der Waals surface area contributed by atoms with Gasteiger partial charge in [0, 0.05) is 18.5 Å². The van der Waals surface area contributed by atoms with Gasteiger partial charge in [0.2, 0.25) is 0 Å². The van der Waals surface area contributed by atoms with E-state index in [2.05, 4.69) is 34.0 Å². The second-order valence-electron chi connectivity index (χ2n) is 5.49. The van der Waals surface area contributed by atoms with E-state index in [9.17, 15) is 0 Å². The molecule has 21 heavy (non-hydrogen) atoms. The third kappa shape index (κ3) is 3.51. The lowest BCUT2D eigenvalue weighted by Crippen LogP contribution is -2.45. The van der Waals surface area contributed by atoms with Crippen molar-refractivity contribution in [2.45, 2.75) is 33.0 Å². The summed E-state index contributed by atoms with van der Waals surface area (Å²) in [5.74, 6) is 0.998. The van der Waals surface area contributed by atoms with Crippen LogP contribution in [0.5, 0.6) is 0 Å². The van der Waals surface area contributed by atoms with Crippen LogP contribution in [0.1, 0.15) is 19.5 Å². The van der Waals surface area contributed by atoms with Gasteiger partial charge in [0.25, 0.3) is 0 Å². The Morgan fingerprint density at radius 1 is 1.29 bits per heavy atom. The molecule has 3 rings (SSSR count). The van der Waals surface area contributed by atoms with Crippen LogP contribution in [-0.2, 0) is 4.74 Å². The smallest absolute Gasteiger partial charge is 0.187 e. The average Bonchev–Trinajstić information content (AvgIpc) is 2.84. The number of nitrogens with one attached hydrogen (secondary N) is 1. The van der Waals surface area contributed by atoms with Gasteiger partial charge in [0.15, 0.2) is 5.13 Å². The number of morpholine rings is 1. The second kappa shape index (κ2) is 5.99. The first-order valence-corrected chi connectivity index (χ1v) is 8.04.